The molecule has 3 aromatic rings. The molecule has 1 aliphatic rings. The lowest BCUT2D eigenvalue weighted by atomic mass is 9.91. The van der Waals surface area contributed by atoms with Crippen LogP contribution in [-0.4, -0.2) is 63.4 Å². The predicted molar refractivity (Wildman–Crippen MR) is 168 cm³/mol. The SMILES string of the molecule is Cc1cc(O)cc(C)c1CC(NC(=O)OC(C)(C)C)C(=O)N1Cc2ccccc2C[C@H]1C(=O)NCC(O)Cc1ccccc1. The third-order valence-electron chi connectivity index (χ3n) is 7.74. The number of carbonyl (C=O) groups excluding carboxylic acids is 3. The Morgan fingerprint density at radius 2 is 1.57 bits per heavy atom. The summed E-state index contributed by atoms with van der Waals surface area (Å²) in [5.41, 5.74) is 4.40. The minimum Gasteiger partial charge on any atom is -0.508 e. The normalized spacial score (nSPS) is 16.0. The van der Waals surface area contributed by atoms with E-state index in [1.807, 2.05) is 68.4 Å². The number of alkyl carbamates (subject to hydrolysis) is 1. The Morgan fingerprint density at radius 1 is 0.955 bits per heavy atom. The number of aliphatic hydroxyl groups is 1. The first kappa shape index (κ1) is 32.5. The highest BCUT2D eigenvalue weighted by molar-refractivity contribution is 5.92. The number of carbonyl (C=O) groups is 3. The molecule has 1 aliphatic heterocycles. The van der Waals surface area contributed by atoms with Gasteiger partial charge in [0.05, 0.1) is 6.10 Å². The lowest BCUT2D eigenvalue weighted by Crippen LogP contribution is -2.59. The Labute approximate surface area is 259 Å². The summed E-state index contributed by atoms with van der Waals surface area (Å²) in [5.74, 6) is -0.694. The first-order chi connectivity index (χ1) is 20.8. The van der Waals surface area contributed by atoms with E-state index >= 15 is 0 Å². The van der Waals surface area contributed by atoms with E-state index in [0.717, 1.165) is 33.4 Å². The number of aromatic hydroxyl groups is 1. The van der Waals surface area contributed by atoms with Gasteiger partial charge in [-0.1, -0.05) is 54.6 Å². The fourth-order valence-electron chi connectivity index (χ4n) is 5.63. The average Bonchev–Trinajstić information content (AvgIpc) is 2.95. The smallest absolute Gasteiger partial charge is 0.408 e. The van der Waals surface area contributed by atoms with Crippen LogP contribution in [0, 0.1) is 13.8 Å². The van der Waals surface area contributed by atoms with Gasteiger partial charge in [0.15, 0.2) is 0 Å². The Bertz CT molecular complexity index is 1460. The minimum absolute atomic E-state index is 0.0272. The Kier molecular flexibility index (Phi) is 10.3. The van der Waals surface area contributed by atoms with Crippen molar-refractivity contribution in [2.75, 3.05) is 6.54 Å². The Balaban J connectivity index is 1.60. The Hall–Kier alpha value is -4.37. The van der Waals surface area contributed by atoms with E-state index in [0.29, 0.717) is 12.8 Å². The maximum Gasteiger partial charge on any atom is 0.408 e. The number of benzene rings is 3. The molecule has 2 unspecified atom stereocenters. The second-order valence-corrected chi connectivity index (χ2v) is 12.5. The molecule has 3 atom stereocenters. The van der Waals surface area contributed by atoms with Gasteiger partial charge < -0.3 is 30.5 Å². The van der Waals surface area contributed by atoms with Crippen molar-refractivity contribution < 1.29 is 29.3 Å². The molecule has 0 spiro atoms. The van der Waals surface area contributed by atoms with Gasteiger partial charge in [-0.15, -0.1) is 0 Å². The molecule has 4 rings (SSSR count). The number of hydrogen-bond donors (Lipinski definition) is 4. The summed E-state index contributed by atoms with van der Waals surface area (Å²) in [4.78, 5) is 42.5. The monoisotopic (exact) mass is 601 g/mol. The van der Waals surface area contributed by atoms with Crippen molar-refractivity contribution in [3.05, 3.63) is 100 Å². The van der Waals surface area contributed by atoms with Crippen LogP contribution in [0.25, 0.3) is 0 Å². The third-order valence-corrected chi connectivity index (χ3v) is 7.74. The molecule has 1 heterocycles. The number of fused-ring (bicyclic) bond motifs is 1. The summed E-state index contributed by atoms with van der Waals surface area (Å²) < 4.78 is 5.50. The van der Waals surface area contributed by atoms with Crippen molar-refractivity contribution in [3.8, 4) is 5.75 Å². The number of phenolic OH excluding ortho intramolecular Hbond substituents is 1. The van der Waals surface area contributed by atoms with E-state index in [1.165, 1.54) is 4.90 Å². The number of aliphatic hydroxyl groups excluding tert-OH is 1. The Morgan fingerprint density at radius 3 is 2.20 bits per heavy atom. The van der Waals surface area contributed by atoms with Gasteiger partial charge in [0.1, 0.15) is 23.4 Å². The lowest BCUT2D eigenvalue weighted by Gasteiger charge is -2.38. The van der Waals surface area contributed by atoms with Crippen LogP contribution >= 0.6 is 0 Å². The molecule has 9 nitrogen and oxygen atoms in total. The highest BCUT2D eigenvalue weighted by Gasteiger charge is 2.39. The van der Waals surface area contributed by atoms with Crippen molar-refractivity contribution in [3.63, 3.8) is 0 Å². The summed E-state index contributed by atoms with van der Waals surface area (Å²) in [6.45, 7) is 9.11. The van der Waals surface area contributed by atoms with Crippen LogP contribution in [0.4, 0.5) is 4.79 Å². The first-order valence-electron chi connectivity index (χ1n) is 15.0. The number of phenols is 1. The van der Waals surface area contributed by atoms with E-state index in [4.69, 9.17) is 4.74 Å². The maximum absolute atomic E-state index is 14.4. The standard InChI is InChI=1S/C35H43N3O6/c1-22-15-27(39)16-23(2)29(22)19-30(37-34(43)44-35(3,4)5)33(42)38-21-26-14-10-9-13-25(26)18-31(38)32(41)36-20-28(40)17-24-11-7-6-8-12-24/h6-16,28,30-31,39-40H,17-21H2,1-5H3,(H,36,41)(H,37,43)/t28?,30?,31-/m0/s1. The van der Waals surface area contributed by atoms with E-state index in [2.05, 4.69) is 10.6 Å². The highest BCUT2D eigenvalue weighted by Crippen LogP contribution is 2.27. The summed E-state index contributed by atoms with van der Waals surface area (Å²) in [7, 11) is 0. The number of aryl methyl sites for hydroxylation is 2. The molecule has 3 amide bonds. The lowest BCUT2D eigenvalue weighted by molar-refractivity contribution is -0.143. The van der Waals surface area contributed by atoms with Gasteiger partial charge >= 0.3 is 6.09 Å². The molecular formula is C35H43N3O6. The average molecular weight is 602 g/mol. The molecule has 44 heavy (non-hydrogen) atoms. The molecule has 0 bridgehead atoms. The van der Waals surface area contributed by atoms with E-state index in [1.54, 1.807) is 32.9 Å². The van der Waals surface area contributed by atoms with E-state index in [-0.39, 0.29) is 31.2 Å². The number of nitrogens with zero attached hydrogens (tertiary/aromatic N) is 1. The van der Waals surface area contributed by atoms with Gasteiger partial charge in [-0.2, -0.15) is 0 Å². The van der Waals surface area contributed by atoms with Gasteiger partial charge in [-0.25, -0.2) is 4.79 Å². The number of rotatable bonds is 9. The molecule has 0 aliphatic carbocycles. The van der Waals surface area contributed by atoms with Crippen LogP contribution in [0.2, 0.25) is 0 Å². The van der Waals surface area contributed by atoms with Crippen molar-refractivity contribution in [1.82, 2.24) is 15.5 Å². The molecule has 4 N–H and O–H groups in total. The van der Waals surface area contributed by atoms with Crippen LogP contribution in [-0.2, 0) is 40.1 Å². The molecule has 0 fully saturated rings. The molecule has 3 aromatic carbocycles. The van der Waals surface area contributed by atoms with Crippen molar-refractivity contribution >= 4 is 17.9 Å². The minimum atomic E-state index is -1.05. The topological polar surface area (TPSA) is 128 Å². The second-order valence-electron chi connectivity index (χ2n) is 12.5. The van der Waals surface area contributed by atoms with E-state index < -0.39 is 35.8 Å². The molecule has 234 valence electrons. The van der Waals surface area contributed by atoms with Crippen LogP contribution < -0.4 is 10.6 Å². The third kappa shape index (κ3) is 8.60. The molecule has 9 heteroatoms. The highest BCUT2D eigenvalue weighted by atomic mass is 16.6. The van der Waals surface area contributed by atoms with Gasteiger partial charge in [-0.3, -0.25) is 9.59 Å². The van der Waals surface area contributed by atoms with Crippen LogP contribution in [0.1, 0.15) is 54.2 Å². The van der Waals surface area contributed by atoms with Gasteiger partial charge in [0.2, 0.25) is 11.8 Å². The van der Waals surface area contributed by atoms with Crippen LogP contribution in [0.15, 0.2) is 66.7 Å². The first-order valence-corrected chi connectivity index (χ1v) is 15.0. The molecule has 0 radical (unpaired) electrons. The summed E-state index contributed by atoms with van der Waals surface area (Å²) in [5, 5.41) is 26.3. The summed E-state index contributed by atoms with van der Waals surface area (Å²) >= 11 is 0. The summed E-state index contributed by atoms with van der Waals surface area (Å²) in [6.07, 6.45) is -0.738. The molecule has 0 aromatic heterocycles. The second kappa shape index (κ2) is 13.9. The number of amides is 3. The zero-order valence-electron chi connectivity index (χ0n) is 26.1. The van der Waals surface area contributed by atoms with Crippen molar-refractivity contribution in [2.45, 2.75) is 84.2 Å². The summed E-state index contributed by atoms with van der Waals surface area (Å²) in [6, 6.07) is 18.5. The zero-order valence-corrected chi connectivity index (χ0v) is 26.1. The van der Waals surface area contributed by atoms with E-state index in [9.17, 15) is 24.6 Å². The quantitative estimate of drug-likeness (QED) is 0.292. The molecule has 0 saturated heterocycles. The number of nitrogens with one attached hydrogen (secondary N) is 2. The zero-order chi connectivity index (χ0) is 32.0. The number of hydrogen-bond acceptors (Lipinski definition) is 6. The van der Waals surface area contributed by atoms with Crippen molar-refractivity contribution in [2.24, 2.45) is 0 Å². The van der Waals surface area contributed by atoms with Crippen LogP contribution in [0.5, 0.6) is 5.75 Å². The largest absolute Gasteiger partial charge is 0.508 e. The fourth-order valence-corrected chi connectivity index (χ4v) is 5.63. The van der Waals surface area contributed by atoms with Gasteiger partial charge in [0, 0.05) is 32.4 Å². The van der Waals surface area contributed by atoms with Crippen LogP contribution in [0.3, 0.4) is 0 Å². The molecule has 0 saturated carbocycles. The number of ether oxygens (including phenoxy) is 1. The fraction of sp³-hybridized carbons (Fsp3) is 0.400. The molecular weight excluding hydrogens is 558 g/mol. The maximum atomic E-state index is 14.4. The van der Waals surface area contributed by atoms with Gasteiger partial charge in [0.25, 0.3) is 0 Å². The van der Waals surface area contributed by atoms with Crippen molar-refractivity contribution in [1.29, 1.82) is 0 Å². The van der Waals surface area contributed by atoms with Gasteiger partial charge in [-0.05, 0) is 80.1 Å². The predicted octanol–water partition coefficient (Wildman–Crippen LogP) is 4.12.